The molecule has 0 saturated carbocycles. The van der Waals surface area contributed by atoms with Gasteiger partial charge in [-0.15, -0.1) is 0 Å². The highest BCUT2D eigenvalue weighted by Crippen LogP contribution is 2.44. The number of alkyl halides is 3. The molecule has 33 heavy (non-hydrogen) atoms. The molecule has 6 nitrogen and oxygen atoms in total. The third kappa shape index (κ3) is 3.65. The van der Waals surface area contributed by atoms with E-state index >= 15 is 0 Å². The van der Waals surface area contributed by atoms with E-state index in [0.717, 1.165) is 16.4 Å². The molecule has 0 aliphatic carbocycles. The predicted molar refractivity (Wildman–Crippen MR) is 118 cm³/mol. The average molecular weight is 475 g/mol. The SMILES string of the molecule is CN(c1ccc(C(O)(c2nc3ccccc3n2C)C(F)(F)F)cc1)S(=O)(=O)c1ccccc1. The van der Waals surface area contributed by atoms with Gasteiger partial charge < -0.3 is 9.67 Å². The van der Waals surface area contributed by atoms with Crippen LogP contribution in [0.15, 0.2) is 83.8 Å². The number of para-hydroxylation sites is 2. The first-order valence-electron chi connectivity index (χ1n) is 9.83. The molecule has 1 atom stereocenters. The maximum atomic E-state index is 14.2. The smallest absolute Gasteiger partial charge is 0.370 e. The number of rotatable bonds is 5. The van der Waals surface area contributed by atoms with E-state index in [-0.39, 0.29) is 10.6 Å². The lowest BCUT2D eigenvalue weighted by atomic mass is 9.91. The Balaban J connectivity index is 1.79. The standard InChI is InChI=1S/C23H20F3N3O3S/c1-28-20-11-7-6-10-19(20)27-21(28)22(30,23(24,25)26)16-12-14-17(15-13-16)29(2)33(31,32)18-8-4-3-5-9-18/h3-15,30H,1-2H3. The van der Waals surface area contributed by atoms with Crippen LogP contribution in [0.2, 0.25) is 0 Å². The molecule has 0 fully saturated rings. The van der Waals surface area contributed by atoms with Gasteiger partial charge in [-0.2, -0.15) is 13.2 Å². The summed E-state index contributed by atoms with van der Waals surface area (Å²) in [6, 6.07) is 18.7. The van der Waals surface area contributed by atoms with Crippen LogP contribution in [0.1, 0.15) is 11.4 Å². The van der Waals surface area contributed by atoms with Gasteiger partial charge in [-0.05, 0) is 36.4 Å². The molecule has 3 aromatic carbocycles. The summed E-state index contributed by atoms with van der Waals surface area (Å²) >= 11 is 0. The number of sulfonamides is 1. The van der Waals surface area contributed by atoms with Gasteiger partial charge in [0, 0.05) is 19.7 Å². The van der Waals surface area contributed by atoms with Crippen LogP contribution < -0.4 is 4.31 Å². The summed E-state index contributed by atoms with van der Waals surface area (Å²) in [4.78, 5) is 4.09. The first-order chi connectivity index (χ1) is 15.5. The second kappa shape index (κ2) is 7.89. The third-order valence-corrected chi connectivity index (χ3v) is 7.37. The van der Waals surface area contributed by atoms with Gasteiger partial charge >= 0.3 is 6.18 Å². The quantitative estimate of drug-likeness (QED) is 0.470. The molecule has 1 N–H and O–H groups in total. The Morgan fingerprint density at radius 2 is 1.48 bits per heavy atom. The molecule has 0 radical (unpaired) electrons. The van der Waals surface area contributed by atoms with E-state index in [1.165, 1.54) is 42.9 Å². The first-order valence-corrected chi connectivity index (χ1v) is 11.3. The van der Waals surface area contributed by atoms with Gasteiger partial charge in [0.2, 0.25) is 5.60 Å². The molecular weight excluding hydrogens is 455 g/mol. The summed E-state index contributed by atoms with van der Waals surface area (Å²) < 4.78 is 70.5. The zero-order valence-corrected chi connectivity index (χ0v) is 18.5. The van der Waals surface area contributed by atoms with Crippen molar-refractivity contribution in [2.75, 3.05) is 11.4 Å². The number of aliphatic hydroxyl groups is 1. The zero-order valence-electron chi connectivity index (χ0n) is 17.7. The molecule has 0 amide bonds. The summed E-state index contributed by atoms with van der Waals surface area (Å²) in [6.45, 7) is 0. The van der Waals surface area contributed by atoms with E-state index in [1.54, 1.807) is 42.5 Å². The highest BCUT2D eigenvalue weighted by atomic mass is 32.2. The highest BCUT2D eigenvalue weighted by molar-refractivity contribution is 7.92. The second-order valence-corrected chi connectivity index (χ2v) is 9.49. The minimum atomic E-state index is -5.09. The maximum absolute atomic E-state index is 14.2. The average Bonchev–Trinajstić information content (AvgIpc) is 3.15. The minimum Gasteiger partial charge on any atom is -0.370 e. The molecule has 0 saturated heterocycles. The van der Waals surface area contributed by atoms with E-state index < -0.39 is 33.2 Å². The van der Waals surface area contributed by atoms with Gasteiger partial charge in [0.1, 0.15) is 0 Å². The third-order valence-electron chi connectivity index (χ3n) is 5.57. The van der Waals surface area contributed by atoms with Crippen molar-refractivity contribution in [3.05, 3.63) is 90.3 Å². The van der Waals surface area contributed by atoms with Crippen LogP contribution in [-0.4, -0.2) is 36.3 Å². The maximum Gasteiger partial charge on any atom is 0.428 e. The Morgan fingerprint density at radius 3 is 2.06 bits per heavy atom. The number of fused-ring (bicyclic) bond motifs is 1. The molecular formula is C23H20F3N3O3S. The lowest BCUT2D eigenvalue weighted by molar-refractivity contribution is -0.251. The molecule has 4 aromatic rings. The lowest BCUT2D eigenvalue weighted by Crippen LogP contribution is -2.45. The van der Waals surface area contributed by atoms with Gasteiger partial charge in [0.25, 0.3) is 10.0 Å². The van der Waals surface area contributed by atoms with Crippen LogP contribution in [0.5, 0.6) is 0 Å². The normalized spacial score (nSPS) is 14.2. The fraction of sp³-hybridized carbons (Fsp3) is 0.174. The molecule has 172 valence electrons. The largest absolute Gasteiger partial charge is 0.428 e. The number of nitrogens with zero attached hydrogens (tertiary/aromatic N) is 3. The van der Waals surface area contributed by atoms with Crippen molar-refractivity contribution < 1.29 is 26.7 Å². The van der Waals surface area contributed by atoms with Crippen LogP contribution in [0.3, 0.4) is 0 Å². The number of aryl methyl sites for hydroxylation is 1. The van der Waals surface area contributed by atoms with Crippen LogP contribution in [0, 0.1) is 0 Å². The highest BCUT2D eigenvalue weighted by Gasteiger charge is 2.59. The Kier molecular flexibility index (Phi) is 5.45. The molecule has 10 heteroatoms. The van der Waals surface area contributed by atoms with Crippen LogP contribution >= 0.6 is 0 Å². The Labute approximate surface area is 188 Å². The summed E-state index contributed by atoms with van der Waals surface area (Å²) in [5, 5.41) is 11.0. The van der Waals surface area contributed by atoms with Crippen LogP contribution in [0.4, 0.5) is 18.9 Å². The van der Waals surface area contributed by atoms with Crippen LogP contribution in [0.25, 0.3) is 11.0 Å². The predicted octanol–water partition coefficient (Wildman–Crippen LogP) is 4.20. The number of aromatic nitrogens is 2. The molecule has 0 spiro atoms. The molecule has 1 unspecified atom stereocenters. The van der Waals surface area contributed by atoms with Crippen molar-refractivity contribution in [3.63, 3.8) is 0 Å². The van der Waals surface area contributed by atoms with Crippen molar-refractivity contribution in [1.29, 1.82) is 0 Å². The number of hydrogen-bond acceptors (Lipinski definition) is 4. The van der Waals surface area contributed by atoms with E-state index in [1.807, 2.05) is 0 Å². The van der Waals surface area contributed by atoms with Crippen molar-refractivity contribution in [3.8, 4) is 0 Å². The van der Waals surface area contributed by atoms with Gasteiger partial charge in [-0.1, -0.05) is 42.5 Å². The Bertz CT molecular complexity index is 1400. The number of hydrogen-bond donors (Lipinski definition) is 1. The van der Waals surface area contributed by atoms with Crippen LogP contribution in [-0.2, 0) is 22.7 Å². The number of imidazole rings is 1. The van der Waals surface area contributed by atoms with Crippen molar-refractivity contribution in [2.24, 2.45) is 7.05 Å². The number of halogens is 3. The fourth-order valence-corrected chi connectivity index (χ4v) is 4.91. The zero-order chi connectivity index (χ0) is 24.0. The summed E-state index contributed by atoms with van der Waals surface area (Å²) in [5.74, 6) is -0.589. The number of anilines is 1. The minimum absolute atomic E-state index is 0.0445. The lowest BCUT2D eigenvalue weighted by Gasteiger charge is -2.31. The first kappa shape index (κ1) is 22.8. The molecule has 0 aliphatic heterocycles. The number of benzene rings is 3. The van der Waals surface area contributed by atoms with Gasteiger partial charge in [0.05, 0.1) is 21.6 Å². The fourth-order valence-electron chi connectivity index (χ4n) is 3.69. The molecule has 0 aliphatic rings. The van der Waals surface area contributed by atoms with Crippen molar-refractivity contribution >= 4 is 26.7 Å². The van der Waals surface area contributed by atoms with E-state index in [2.05, 4.69) is 4.98 Å². The van der Waals surface area contributed by atoms with E-state index in [0.29, 0.717) is 11.0 Å². The summed E-state index contributed by atoms with van der Waals surface area (Å²) in [6.07, 6.45) is -5.09. The molecule has 0 bridgehead atoms. The van der Waals surface area contributed by atoms with E-state index in [9.17, 15) is 26.7 Å². The van der Waals surface area contributed by atoms with Gasteiger partial charge in [0.15, 0.2) is 5.82 Å². The summed E-state index contributed by atoms with van der Waals surface area (Å²) in [7, 11) is -1.21. The van der Waals surface area contributed by atoms with E-state index in [4.69, 9.17) is 0 Å². The Hall–Kier alpha value is -3.37. The molecule has 1 aromatic heterocycles. The molecule has 4 rings (SSSR count). The van der Waals surface area contributed by atoms with Crippen molar-refractivity contribution in [1.82, 2.24) is 9.55 Å². The monoisotopic (exact) mass is 475 g/mol. The topological polar surface area (TPSA) is 75.4 Å². The van der Waals surface area contributed by atoms with Crippen molar-refractivity contribution in [2.45, 2.75) is 16.7 Å². The second-order valence-electron chi connectivity index (χ2n) is 7.52. The molecule has 1 heterocycles. The Morgan fingerprint density at radius 1 is 0.909 bits per heavy atom. The van der Waals surface area contributed by atoms with Gasteiger partial charge in [-0.3, -0.25) is 4.31 Å². The summed E-state index contributed by atoms with van der Waals surface area (Å²) in [5.41, 5.74) is -3.01. The van der Waals surface area contributed by atoms with Gasteiger partial charge in [-0.25, -0.2) is 13.4 Å².